The summed E-state index contributed by atoms with van der Waals surface area (Å²) < 4.78 is 7.34. The normalized spacial score (nSPS) is 16.6. The molecule has 1 amide bonds. The third-order valence-corrected chi connectivity index (χ3v) is 6.55. The number of aryl methyl sites for hydroxylation is 1. The van der Waals surface area contributed by atoms with E-state index in [9.17, 15) is 9.59 Å². The molecule has 7 heteroatoms. The van der Waals surface area contributed by atoms with Crippen LogP contribution in [0, 0.1) is 0 Å². The van der Waals surface area contributed by atoms with Crippen LogP contribution in [0.2, 0.25) is 0 Å². The zero-order valence-corrected chi connectivity index (χ0v) is 18.7. The van der Waals surface area contributed by atoms with Crippen LogP contribution in [-0.4, -0.2) is 51.9 Å². The molecule has 0 saturated carbocycles. The van der Waals surface area contributed by atoms with Gasteiger partial charge in [-0.25, -0.2) is 4.98 Å². The Morgan fingerprint density at radius 3 is 2.74 bits per heavy atom. The number of carbonyl (C=O) groups excluding carboxylic acids is 1. The smallest absolute Gasteiger partial charge is 0.266 e. The molecule has 2 heterocycles. The molecule has 1 aromatic heterocycles. The molecule has 1 saturated heterocycles. The zero-order valence-electron chi connectivity index (χ0n) is 17.9. The number of amides is 1. The highest BCUT2D eigenvalue weighted by Crippen LogP contribution is 2.24. The molecule has 0 aliphatic carbocycles. The molecule has 1 fully saturated rings. The fourth-order valence-corrected chi connectivity index (χ4v) is 4.77. The third kappa shape index (κ3) is 4.52. The summed E-state index contributed by atoms with van der Waals surface area (Å²) in [6, 6.07) is 15.2. The van der Waals surface area contributed by atoms with E-state index < -0.39 is 0 Å². The summed E-state index contributed by atoms with van der Waals surface area (Å²) in [5.74, 6) is 0.277. The number of thioether (sulfide) groups is 1. The van der Waals surface area contributed by atoms with Gasteiger partial charge in [-0.1, -0.05) is 55.9 Å². The first-order valence-electron chi connectivity index (χ1n) is 10.7. The maximum absolute atomic E-state index is 13.4. The van der Waals surface area contributed by atoms with Crippen molar-refractivity contribution in [2.75, 3.05) is 25.4 Å². The third-order valence-electron chi connectivity index (χ3n) is 5.63. The molecule has 1 atom stereocenters. The average molecular weight is 438 g/mol. The lowest BCUT2D eigenvalue weighted by molar-refractivity contribution is -0.135. The molecule has 31 heavy (non-hydrogen) atoms. The van der Waals surface area contributed by atoms with Gasteiger partial charge in [0.25, 0.3) is 5.56 Å². The number of ether oxygens (including phenoxy) is 1. The summed E-state index contributed by atoms with van der Waals surface area (Å²) in [5, 5.41) is 1.11. The summed E-state index contributed by atoms with van der Waals surface area (Å²) in [4.78, 5) is 33.0. The number of benzene rings is 2. The Kier molecular flexibility index (Phi) is 6.73. The standard InChI is InChI=1S/C24H27N3O3S/c1-3-17-9-5-8-12-21(17)27-23(29)19-10-6-7-11-20(19)25-24(27)31-16-22(28)26-13-14-30-18(4-2)15-26/h5-12,18H,3-4,13-16H2,1-2H3. The second kappa shape index (κ2) is 9.66. The Morgan fingerprint density at radius 2 is 1.94 bits per heavy atom. The van der Waals surface area contributed by atoms with E-state index in [4.69, 9.17) is 9.72 Å². The number of hydrogen-bond acceptors (Lipinski definition) is 5. The van der Waals surface area contributed by atoms with E-state index in [-0.39, 0.29) is 23.3 Å². The van der Waals surface area contributed by atoms with Crippen molar-refractivity contribution in [3.8, 4) is 5.69 Å². The molecule has 4 rings (SSSR count). The number of para-hydroxylation sites is 2. The van der Waals surface area contributed by atoms with Crippen LogP contribution in [0.5, 0.6) is 0 Å². The lowest BCUT2D eigenvalue weighted by Crippen LogP contribution is -2.46. The average Bonchev–Trinajstić information content (AvgIpc) is 2.82. The summed E-state index contributed by atoms with van der Waals surface area (Å²) in [5.41, 5.74) is 2.42. The Labute approximate surface area is 186 Å². The first-order valence-corrected chi connectivity index (χ1v) is 11.7. The summed E-state index contributed by atoms with van der Waals surface area (Å²) in [6.07, 6.45) is 1.78. The van der Waals surface area contributed by atoms with Gasteiger partial charge >= 0.3 is 0 Å². The van der Waals surface area contributed by atoms with E-state index in [0.29, 0.717) is 35.8 Å². The first-order chi connectivity index (χ1) is 15.1. The minimum Gasteiger partial charge on any atom is -0.375 e. The van der Waals surface area contributed by atoms with E-state index >= 15 is 0 Å². The van der Waals surface area contributed by atoms with Crippen LogP contribution in [0.15, 0.2) is 58.5 Å². The van der Waals surface area contributed by atoms with Gasteiger partial charge in [0.05, 0.1) is 35.1 Å². The van der Waals surface area contributed by atoms with E-state index in [1.54, 1.807) is 10.6 Å². The molecule has 1 unspecified atom stereocenters. The Balaban J connectivity index is 1.70. The second-order valence-electron chi connectivity index (χ2n) is 7.56. The van der Waals surface area contributed by atoms with Gasteiger partial charge < -0.3 is 9.64 Å². The lowest BCUT2D eigenvalue weighted by atomic mass is 10.1. The number of morpholine rings is 1. The number of carbonyl (C=O) groups is 1. The number of hydrogen-bond donors (Lipinski definition) is 0. The van der Waals surface area contributed by atoms with E-state index in [2.05, 4.69) is 13.8 Å². The molecular formula is C24H27N3O3S. The summed E-state index contributed by atoms with van der Waals surface area (Å²) in [6.45, 7) is 5.92. The largest absolute Gasteiger partial charge is 0.375 e. The van der Waals surface area contributed by atoms with Gasteiger partial charge in [-0.3, -0.25) is 14.2 Å². The molecule has 6 nitrogen and oxygen atoms in total. The van der Waals surface area contributed by atoms with Crippen molar-refractivity contribution < 1.29 is 9.53 Å². The van der Waals surface area contributed by atoms with Crippen molar-refractivity contribution in [3.63, 3.8) is 0 Å². The zero-order chi connectivity index (χ0) is 21.8. The monoisotopic (exact) mass is 437 g/mol. The van der Waals surface area contributed by atoms with Crippen LogP contribution in [0.4, 0.5) is 0 Å². The molecule has 2 aromatic carbocycles. The maximum atomic E-state index is 13.4. The molecule has 0 radical (unpaired) electrons. The van der Waals surface area contributed by atoms with Crippen molar-refractivity contribution in [1.29, 1.82) is 0 Å². The fourth-order valence-electron chi connectivity index (χ4n) is 3.86. The highest BCUT2D eigenvalue weighted by atomic mass is 32.2. The molecule has 1 aliphatic rings. The predicted octanol–water partition coefficient (Wildman–Crippen LogP) is 3.68. The van der Waals surface area contributed by atoms with Crippen LogP contribution in [0.1, 0.15) is 25.8 Å². The van der Waals surface area contributed by atoms with Gasteiger partial charge in [0.1, 0.15) is 0 Å². The summed E-state index contributed by atoms with van der Waals surface area (Å²) >= 11 is 1.32. The van der Waals surface area contributed by atoms with Crippen molar-refractivity contribution in [2.45, 2.75) is 37.9 Å². The Morgan fingerprint density at radius 1 is 1.16 bits per heavy atom. The molecule has 162 valence electrons. The topological polar surface area (TPSA) is 64.4 Å². The van der Waals surface area contributed by atoms with Gasteiger partial charge in [0.15, 0.2) is 5.16 Å². The quantitative estimate of drug-likeness (QED) is 0.435. The van der Waals surface area contributed by atoms with Crippen LogP contribution in [0.3, 0.4) is 0 Å². The molecular weight excluding hydrogens is 410 g/mol. The van der Waals surface area contributed by atoms with Gasteiger partial charge in [-0.05, 0) is 36.6 Å². The molecule has 0 N–H and O–H groups in total. The lowest BCUT2D eigenvalue weighted by Gasteiger charge is -2.32. The van der Waals surface area contributed by atoms with Gasteiger partial charge in [-0.2, -0.15) is 0 Å². The molecule has 3 aromatic rings. The summed E-state index contributed by atoms with van der Waals surface area (Å²) in [7, 11) is 0. The SMILES string of the molecule is CCc1ccccc1-n1c(SCC(=O)N2CCOC(CC)C2)nc2ccccc2c1=O. The van der Waals surface area contributed by atoms with Crippen molar-refractivity contribution in [2.24, 2.45) is 0 Å². The van der Waals surface area contributed by atoms with Gasteiger partial charge in [0.2, 0.25) is 5.91 Å². The van der Waals surface area contributed by atoms with Crippen LogP contribution in [0.25, 0.3) is 16.6 Å². The highest BCUT2D eigenvalue weighted by molar-refractivity contribution is 7.99. The highest BCUT2D eigenvalue weighted by Gasteiger charge is 2.24. The molecule has 0 spiro atoms. The van der Waals surface area contributed by atoms with Gasteiger partial charge in [0, 0.05) is 13.1 Å². The van der Waals surface area contributed by atoms with Gasteiger partial charge in [-0.15, -0.1) is 0 Å². The van der Waals surface area contributed by atoms with E-state index in [1.165, 1.54) is 11.8 Å². The first kappa shape index (κ1) is 21.6. The van der Waals surface area contributed by atoms with Crippen LogP contribution >= 0.6 is 11.8 Å². The number of aromatic nitrogens is 2. The van der Waals surface area contributed by atoms with E-state index in [1.807, 2.05) is 47.4 Å². The Bertz CT molecular complexity index is 1140. The maximum Gasteiger partial charge on any atom is 0.266 e. The second-order valence-corrected chi connectivity index (χ2v) is 8.51. The molecule has 1 aliphatic heterocycles. The molecule has 0 bridgehead atoms. The van der Waals surface area contributed by atoms with Crippen molar-refractivity contribution >= 4 is 28.6 Å². The minimum absolute atomic E-state index is 0.0458. The number of rotatable bonds is 6. The van der Waals surface area contributed by atoms with Crippen LogP contribution < -0.4 is 5.56 Å². The minimum atomic E-state index is -0.112. The van der Waals surface area contributed by atoms with Crippen molar-refractivity contribution in [1.82, 2.24) is 14.5 Å². The predicted molar refractivity (Wildman–Crippen MR) is 124 cm³/mol. The number of nitrogens with zero attached hydrogens (tertiary/aromatic N) is 3. The van der Waals surface area contributed by atoms with E-state index in [0.717, 1.165) is 24.1 Å². The van der Waals surface area contributed by atoms with Crippen LogP contribution in [-0.2, 0) is 16.0 Å². The fraction of sp³-hybridized carbons (Fsp3) is 0.375. The Hall–Kier alpha value is -2.64. The van der Waals surface area contributed by atoms with Crippen molar-refractivity contribution in [3.05, 3.63) is 64.4 Å². The number of fused-ring (bicyclic) bond motifs is 1.